The number of carbonyl (C=O) groups excluding carboxylic acids is 1. The molecule has 9 heteroatoms. The fraction of sp³-hybridized carbons (Fsp3) is 0. The monoisotopic (exact) mass is 273 g/mol. The first-order chi connectivity index (χ1) is 8.08. The standard InChI is InChI=1S/C8H5Cl2N5O2/c9-5-4(6(10)13-2-12-5)15-7(16)3-1-11-8(17)14-3/h1-2H,(H,15,16)(H2,11,14,17). The summed E-state index contributed by atoms with van der Waals surface area (Å²) in [6.45, 7) is 0. The number of hydrogen-bond donors (Lipinski definition) is 3. The summed E-state index contributed by atoms with van der Waals surface area (Å²) >= 11 is 11.5. The average Bonchev–Trinajstić information content (AvgIpc) is 2.70. The van der Waals surface area contributed by atoms with E-state index in [4.69, 9.17) is 23.2 Å². The highest BCUT2D eigenvalue weighted by Gasteiger charge is 2.14. The van der Waals surface area contributed by atoms with E-state index >= 15 is 0 Å². The fourth-order valence-corrected chi connectivity index (χ4v) is 1.49. The highest BCUT2D eigenvalue weighted by Crippen LogP contribution is 2.25. The first-order valence-corrected chi connectivity index (χ1v) is 5.08. The molecular formula is C8H5Cl2N5O2. The maximum atomic E-state index is 11.7. The van der Waals surface area contributed by atoms with Gasteiger partial charge >= 0.3 is 5.69 Å². The number of halogens is 2. The van der Waals surface area contributed by atoms with Crippen molar-refractivity contribution < 1.29 is 4.79 Å². The van der Waals surface area contributed by atoms with Crippen LogP contribution in [0.2, 0.25) is 10.3 Å². The fourth-order valence-electron chi connectivity index (χ4n) is 1.08. The molecule has 0 unspecified atom stereocenters. The molecule has 0 atom stereocenters. The van der Waals surface area contributed by atoms with Crippen LogP contribution in [0.1, 0.15) is 10.5 Å². The van der Waals surface area contributed by atoms with Crippen LogP contribution in [0.25, 0.3) is 0 Å². The van der Waals surface area contributed by atoms with Gasteiger partial charge in [-0.1, -0.05) is 23.2 Å². The Labute approximate surface area is 104 Å². The minimum atomic E-state index is -0.582. The second-order valence-corrected chi connectivity index (χ2v) is 3.66. The first-order valence-electron chi connectivity index (χ1n) is 4.33. The van der Waals surface area contributed by atoms with Crippen LogP contribution in [-0.2, 0) is 0 Å². The van der Waals surface area contributed by atoms with Crippen molar-refractivity contribution in [2.45, 2.75) is 0 Å². The van der Waals surface area contributed by atoms with Crippen LogP contribution in [0.5, 0.6) is 0 Å². The molecule has 2 aromatic rings. The van der Waals surface area contributed by atoms with Gasteiger partial charge < -0.3 is 15.3 Å². The van der Waals surface area contributed by atoms with E-state index in [2.05, 4.69) is 25.3 Å². The topological polar surface area (TPSA) is 104 Å². The highest BCUT2D eigenvalue weighted by atomic mass is 35.5. The number of aromatic nitrogens is 4. The van der Waals surface area contributed by atoms with E-state index in [-0.39, 0.29) is 21.7 Å². The van der Waals surface area contributed by atoms with E-state index in [1.54, 1.807) is 0 Å². The van der Waals surface area contributed by atoms with E-state index in [9.17, 15) is 9.59 Å². The number of imidazole rings is 1. The van der Waals surface area contributed by atoms with Gasteiger partial charge in [0, 0.05) is 6.20 Å². The predicted octanol–water partition coefficient (Wildman–Crippen LogP) is 1.05. The second kappa shape index (κ2) is 4.56. The maximum absolute atomic E-state index is 11.7. The smallest absolute Gasteiger partial charge is 0.315 e. The molecule has 88 valence electrons. The summed E-state index contributed by atoms with van der Waals surface area (Å²) < 4.78 is 0. The van der Waals surface area contributed by atoms with Crippen molar-refractivity contribution in [2.24, 2.45) is 0 Å². The van der Waals surface area contributed by atoms with E-state index in [1.807, 2.05) is 0 Å². The molecule has 0 aromatic carbocycles. The molecule has 0 aliphatic carbocycles. The molecule has 1 amide bonds. The summed E-state index contributed by atoms with van der Waals surface area (Å²) in [6, 6.07) is 0. The largest absolute Gasteiger partial charge is 0.323 e. The Morgan fingerprint density at radius 2 is 1.94 bits per heavy atom. The minimum Gasteiger partial charge on any atom is -0.315 e. The molecule has 0 bridgehead atoms. The Hall–Kier alpha value is -1.86. The molecule has 2 rings (SSSR count). The number of anilines is 1. The van der Waals surface area contributed by atoms with Crippen molar-refractivity contribution in [3.8, 4) is 0 Å². The summed E-state index contributed by atoms with van der Waals surface area (Å²) in [5.41, 5.74) is -0.356. The molecule has 0 spiro atoms. The first kappa shape index (κ1) is 11.6. The van der Waals surface area contributed by atoms with E-state index in [1.165, 1.54) is 12.5 Å². The number of aromatic amines is 2. The Kier molecular flexibility index (Phi) is 3.12. The molecule has 7 nitrogen and oxygen atoms in total. The molecule has 0 saturated carbocycles. The molecule has 17 heavy (non-hydrogen) atoms. The zero-order valence-electron chi connectivity index (χ0n) is 8.12. The Morgan fingerprint density at radius 1 is 1.29 bits per heavy atom. The summed E-state index contributed by atoms with van der Waals surface area (Å²) in [6.07, 6.45) is 2.39. The van der Waals surface area contributed by atoms with Crippen LogP contribution >= 0.6 is 23.2 Å². The molecule has 2 heterocycles. The van der Waals surface area contributed by atoms with Crippen LogP contribution in [0.4, 0.5) is 5.69 Å². The molecule has 2 aromatic heterocycles. The van der Waals surface area contributed by atoms with Crippen LogP contribution in [0, 0.1) is 0 Å². The van der Waals surface area contributed by atoms with Crippen molar-refractivity contribution in [3.63, 3.8) is 0 Å². The van der Waals surface area contributed by atoms with Gasteiger partial charge in [-0.2, -0.15) is 0 Å². The van der Waals surface area contributed by atoms with Gasteiger partial charge in [-0.25, -0.2) is 14.8 Å². The van der Waals surface area contributed by atoms with Gasteiger partial charge in [0.1, 0.15) is 17.7 Å². The van der Waals surface area contributed by atoms with Crippen molar-refractivity contribution in [2.75, 3.05) is 5.32 Å². The van der Waals surface area contributed by atoms with Gasteiger partial charge in [0.15, 0.2) is 10.3 Å². The second-order valence-electron chi connectivity index (χ2n) is 2.94. The lowest BCUT2D eigenvalue weighted by molar-refractivity contribution is 0.102. The summed E-state index contributed by atoms with van der Waals surface area (Å²) in [4.78, 5) is 34.4. The number of carbonyl (C=O) groups is 1. The number of H-pyrrole nitrogens is 2. The summed E-state index contributed by atoms with van der Waals surface area (Å²) in [5.74, 6) is -0.582. The van der Waals surface area contributed by atoms with E-state index in [0.717, 1.165) is 0 Å². The van der Waals surface area contributed by atoms with Crippen molar-refractivity contribution >= 4 is 34.8 Å². The van der Waals surface area contributed by atoms with Gasteiger partial charge in [0.25, 0.3) is 5.91 Å². The molecule has 3 N–H and O–H groups in total. The van der Waals surface area contributed by atoms with Crippen molar-refractivity contribution in [3.05, 3.63) is 39.0 Å². The van der Waals surface area contributed by atoms with Crippen LogP contribution < -0.4 is 11.0 Å². The molecule has 0 fully saturated rings. The predicted molar refractivity (Wildman–Crippen MR) is 61.4 cm³/mol. The quantitative estimate of drug-likeness (QED) is 0.712. The van der Waals surface area contributed by atoms with Gasteiger partial charge in [0.2, 0.25) is 0 Å². The Balaban J connectivity index is 2.27. The number of hydrogen-bond acceptors (Lipinski definition) is 4. The number of nitrogens with zero attached hydrogens (tertiary/aromatic N) is 2. The van der Waals surface area contributed by atoms with Gasteiger partial charge in [-0.15, -0.1) is 0 Å². The SMILES string of the molecule is O=C(Nc1c(Cl)ncnc1Cl)c1c[nH]c(=O)[nH]1. The van der Waals surface area contributed by atoms with Crippen LogP contribution in [0.3, 0.4) is 0 Å². The lowest BCUT2D eigenvalue weighted by Gasteiger charge is -2.05. The lowest BCUT2D eigenvalue weighted by Crippen LogP contribution is -2.15. The molecular weight excluding hydrogens is 269 g/mol. The van der Waals surface area contributed by atoms with Crippen molar-refractivity contribution in [1.29, 1.82) is 0 Å². The number of amides is 1. The third-order valence-electron chi connectivity index (χ3n) is 1.83. The zero-order valence-corrected chi connectivity index (χ0v) is 9.63. The van der Waals surface area contributed by atoms with Crippen LogP contribution in [-0.4, -0.2) is 25.8 Å². The van der Waals surface area contributed by atoms with Gasteiger partial charge in [-0.3, -0.25) is 4.79 Å². The summed E-state index contributed by atoms with van der Waals surface area (Å²) in [7, 11) is 0. The Bertz CT molecular complexity index is 600. The van der Waals surface area contributed by atoms with E-state index in [0.29, 0.717) is 0 Å². The molecule has 0 aliphatic rings. The third-order valence-corrected chi connectivity index (χ3v) is 2.41. The molecule has 0 saturated heterocycles. The van der Waals surface area contributed by atoms with E-state index < -0.39 is 11.6 Å². The number of nitrogens with one attached hydrogen (secondary N) is 3. The van der Waals surface area contributed by atoms with Crippen LogP contribution in [0.15, 0.2) is 17.3 Å². The van der Waals surface area contributed by atoms with Crippen molar-refractivity contribution in [1.82, 2.24) is 19.9 Å². The lowest BCUT2D eigenvalue weighted by atomic mass is 10.4. The minimum absolute atomic E-state index is 0.0104. The molecule has 0 aliphatic heterocycles. The maximum Gasteiger partial charge on any atom is 0.323 e. The summed E-state index contributed by atoms with van der Waals surface area (Å²) in [5, 5.41) is 2.41. The third kappa shape index (κ3) is 2.45. The number of rotatable bonds is 2. The average molecular weight is 274 g/mol. The Morgan fingerprint density at radius 3 is 2.47 bits per heavy atom. The normalized spacial score (nSPS) is 10.2. The molecule has 0 radical (unpaired) electrons. The van der Waals surface area contributed by atoms with Gasteiger partial charge in [0.05, 0.1) is 0 Å². The zero-order chi connectivity index (χ0) is 12.4. The highest BCUT2D eigenvalue weighted by molar-refractivity contribution is 6.38. The van der Waals surface area contributed by atoms with Gasteiger partial charge in [-0.05, 0) is 0 Å².